The van der Waals surface area contributed by atoms with Gasteiger partial charge in [-0.1, -0.05) is 74.4 Å². The fraction of sp³-hybridized carbons (Fsp3) is 0.412. The van der Waals surface area contributed by atoms with E-state index in [0.717, 1.165) is 47.3 Å². The number of fused-ring (bicyclic) bond motifs is 1. The van der Waals surface area contributed by atoms with Crippen molar-refractivity contribution in [2.24, 2.45) is 5.92 Å². The van der Waals surface area contributed by atoms with Gasteiger partial charge in [0, 0.05) is 16.5 Å². The summed E-state index contributed by atoms with van der Waals surface area (Å²) in [4.78, 5) is 0. The molecule has 0 aromatic heterocycles. The number of benzene rings is 3. The third-order valence-electron chi connectivity index (χ3n) is 7.69. The lowest BCUT2D eigenvalue weighted by atomic mass is 9.77. The number of aryl methyl sites for hydroxylation is 1. The smallest absolute Gasteiger partial charge is 0.134 e. The quantitative estimate of drug-likeness (QED) is 0.167. The van der Waals surface area contributed by atoms with E-state index in [0.29, 0.717) is 11.3 Å². The predicted molar refractivity (Wildman–Crippen MR) is 148 cm³/mol. The first kappa shape index (κ1) is 25.2. The minimum atomic E-state index is -0.0659. The van der Waals surface area contributed by atoms with E-state index in [1.807, 2.05) is 36.4 Å². The van der Waals surface area contributed by atoms with E-state index in [4.69, 9.17) is 0 Å². The van der Waals surface area contributed by atoms with Crippen molar-refractivity contribution < 1.29 is 4.39 Å². The second kappa shape index (κ2) is 12.7. The average Bonchev–Trinajstić information content (AvgIpc) is 2.90. The Morgan fingerprint density at radius 1 is 0.886 bits per heavy atom. The molecular formula is C34H39F. The Bertz CT molecular complexity index is 1170. The van der Waals surface area contributed by atoms with Crippen LogP contribution in [-0.2, 0) is 6.42 Å². The normalized spacial score (nSPS) is 17.7. The van der Waals surface area contributed by atoms with Crippen LogP contribution in [0.4, 0.5) is 4.39 Å². The summed E-state index contributed by atoms with van der Waals surface area (Å²) in [6.45, 7) is 6.06. The van der Waals surface area contributed by atoms with E-state index in [9.17, 15) is 4.39 Å². The van der Waals surface area contributed by atoms with Crippen molar-refractivity contribution in [3.05, 3.63) is 95.3 Å². The number of rotatable bonds is 9. The lowest BCUT2D eigenvalue weighted by Gasteiger charge is -2.28. The van der Waals surface area contributed by atoms with Crippen LogP contribution in [0.1, 0.15) is 99.3 Å². The van der Waals surface area contributed by atoms with E-state index in [1.165, 1.54) is 56.9 Å². The summed E-state index contributed by atoms with van der Waals surface area (Å²) >= 11 is 0. The van der Waals surface area contributed by atoms with Crippen LogP contribution in [0.2, 0.25) is 0 Å². The van der Waals surface area contributed by atoms with Gasteiger partial charge in [0.15, 0.2) is 0 Å². The first-order valence-electron chi connectivity index (χ1n) is 13.6. The summed E-state index contributed by atoms with van der Waals surface area (Å²) in [6.07, 6.45) is 15.2. The highest BCUT2D eigenvalue weighted by Gasteiger charge is 2.21. The van der Waals surface area contributed by atoms with Crippen LogP contribution in [0.5, 0.6) is 0 Å². The van der Waals surface area contributed by atoms with Gasteiger partial charge >= 0.3 is 0 Å². The van der Waals surface area contributed by atoms with Gasteiger partial charge < -0.3 is 0 Å². The standard InChI is InChI=1S/C34H39F/c1-3-5-7-8-10-31-22-23-32-25-28(17-24-33(32)34(31)35)12-11-27-15-20-30(21-16-27)29-18-13-26(14-19-29)9-6-4-2/h4,15-17,20-26,29H,2-3,5-10,13-14,18-19H2,1H3. The molecule has 0 spiro atoms. The number of hydrogen-bond acceptors (Lipinski definition) is 0. The van der Waals surface area contributed by atoms with Gasteiger partial charge in [-0.05, 0) is 104 Å². The molecule has 182 valence electrons. The largest absolute Gasteiger partial charge is 0.206 e. The van der Waals surface area contributed by atoms with Gasteiger partial charge in [0.1, 0.15) is 5.82 Å². The third kappa shape index (κ3) is 6.85. The van der Waals surface area contributed by atoms with Crippen LogP contribution in [0.25, 0.3) is 10.8 Å². The molecule has 0 amide bonds. The van der Waals surface area contributed by atoms with E-state index < -0.39 is 0 Å². The van der Waals surface area contributed by atoms with Crippen molar-refractivity contribution >= 4 is 10.8 Å². The van der Waals surface area contributed by atoms with E-state index in [-0.39, 0.29) is 5.82 Å². The molecule has 1 fully saturated rings. The Labute approximate surface area is 211 Å². The highest BCUT2D eigenvalue weighted by atomic mass is 19.1. The molecule has 0 saturated heterocycles. The van der Waals surface area contributed by atoms with Gasteiger partial charge in [0.2, 0.25) is 0 Å². The maximum atomic E-state index is 15.0. The Morgan fingerprint density at radius 3 is 2.37 bits per heavy atom. The molecule has 4 rings (SSSR count). The van der Waals surface area contributed by atoms with Gasteiger partial charge in [0.05, 0.1) is 0 Å². The number of hydrogen-bond donors (Lipinski definition) is 0. The van der Waals surface area contributed by atoms with Crippen molar-refractivity contribution in [3.63, 3.8) is 0 Å². The van der Waals surface area contributed by atoms with Crippen LogP contribution in [0.3, 0.4) is 0 Å². The second-order valence-electron chi connectivity index (χ2n) is 10.2. The lowest BCUT2D eigenvalue weighted by Crippen LogP contribution is -2.13. The number of allylic oxidation sites excluding steroid dienone is 1. The monoisotopic (exact) mass is 466 g/mol. The summed E-state index contributed by atoms with van der Waals surface area (Å²) < 4.78 is 15.0. The van der Waals surface area contributed by atoms with Crippen LogP contribution < -0.4 is 0 Å². The molecule has 0 atom stereocenters. The first-order valence-corrected chi connectivity index (χ1v) is 13.6. The molecule has 0 aliphatic heterocycles. The molecule has 0 unspecified atom stereocenters. The lowest BCUT2D eigenvalue weighted by molar-refractivity contribution is 0.312. The van der Waals surface area contributed by atoms with Crippen LogP contribution >= 0.6 is 0 Å². The van der Waals surface area contributed by atoms with E-state index in [2.05, 4.69) is 49.6 Å². The minimum Gasteiger partial charge on any atom is -0.206 e. The first-order chi connectivity index (χ1) is 17.2. The molecule has 1 aliphatic rings. The SMILES string of the molecule is C=CCCC1CCC(c2ccc(C#Cc3ccc4c(F)c(CCCCCC)ccc4c3)cc2)CC1. The van der Waals surface area contributed by atoms with E-state index in [1.54, 1.807) is 0 Å². The van der Waals surface area contributed by atoms with Crippen molar-refractivity contribution in [3.8, 4) is 11.8 Å². The topological polar surface area (TPSA) is 0 Å². The zero-order valence-electron chi connectivity index (χ0n) is 21.3. The Balaban J connectivity index is 1.38. The summed E-state index contributed by atoms with van der Waals surface area (Å²) in [7, 11) is 0. The molecule has 1 aliphatic carbocycles. The molecule has 35 heavy (non-hydrogen) atoms. The molecule has 0 radical (unpaired) electrons. The maximum absolute atomic E-state index is 15.0. The Hall–Kier alpha value is -2.85. The Kier molecular flexibility index (Phi) is 9.19. The van der Waals surface area contributed by atoms with Crippen molar-refractivity contribution in [1.82, 2.24) is 0 Å². The fourth-order valence-electron chi connectivity index (χ4n) is 5.47. The summed E-state index contributed by atoms with van der Waals surface area (Å²) in [6, 6.07) is 18.7. The molecule has 1 heteroatoms. The average molecular weight is 467 g/mol. The minimum absolute atomic E-state index is 0.0659. The molecule has 0 nitrogen and oxygen atoms in total. The van der Waals surface area contributed by atoms with Gasteiger partial charge in [-0.15, -0.1) is 6.58 Å². The molecule has 0 N–H and O–H groups in total. The third-order valence-corrected chi connectivity index (χ3v) is 7.69. The van der Waals surface area contributed by atoms with Crippen LogP contribution in [0, 0.1) is 23.6 Å². The molecule has 0 bridgehead atoms. The van der Waals surface area contributed by atoms with Gasteiger partial charge in [-0.2, -0.15) is 0 Å². The number of unbranched alkanes of at least 4 members (excludes halogenated alkanes) is 3. The summed E-state index contributed by atoms with van der Waals surface area (Å²) in [5.74, 6) is 8.07. The van der Waals surface area contributed by atoms with Gasteiger partial charge in [0.25, 0.3) is 0 Å². The molecule has 3 aromatic rings. The maximum Gasteiger partial charge on any atom is 0.134 e. The zero-order chi connectivity index (χ0) is 24.5. The molecule has 3 aromatic carbocycles. The molecular weight excluding hydrogens is 427 g/mol. The van der Waals surface area contributed by atoms with Crippen molar-refractivity contribution in [2.75, 3.05) is 0 Å². The van der Waals surface area contributed by atoms with Crippen molar-refractivity contribution in [1.29, 1.82) is 0 Å². The van der Waals surface area contributed by atoms with E-state index >= 15 is 0 Å². The predicted octanol–water partition coefficient (Wildman–Crippen LogP) is 9.74. The molecule has 0 heterocycles. The van der Waals surface area contributed by atoms with Crippen LogP contribution in [0.15, 0.2) is 67.3 Å². The molecule has 1 saturated carbocycles. The fourth-order valence-corrected chi connectivity index (χ4v) is 5.47. The van der Waals surface area contributed by atoms with Crippen LogP contribution in [-0.4, -0.2) is 0 Å². The second-order valence-corrected chi connectivity index (χ2v) is 10.2. The summed E-state index contributed by atoms with van der Waals surface area (Å²) in [5.41, 5.74) is 4.24. The zero-order valence-corrected chi connectivity index (χ0v) is 21.3. The van der Waals surface area contributed by atoms with Gasteiger partial charge in [-0.3, -0.25) is 0 Å². The summed E-state index contributed by atoms with van der Waals surface area (Å²) in [5, 5.41) is 1.62. The van der Waals surface area contributed by atoms with Crippen molar-refractivity contribution in [2.45, 2.75) is 83.5 Å². The highest BCUT2D eigenvalue weighted by Crippen LogP contribution is 2.37. The number of halogens is 1. The Morgan fingerprint density at radius 2 is 1.63 bits per heavy atom. The van der Waals surface area contributed by atoms with Gasteiger partial charge in [-0.25, -0.2) is 4.39 Å². The highest BCUT2D eigenvalue weighted by molar-refractivity contribution is 5.85.